The molecule has 0 aliphatic heterocycles. The largest absolute Gasteiger partial charge is 0.447 e. The quantitative estimate of drug-likeness (QED) is 0.127. The first-order valence-electron chi connectivity index (χ1n) is 14.8. The van der Waals surface area contributed by atoms with Crippen molar-refractivity contribution < 1.29 is 9.53 Å². The highest BCUT2D eigenvalue weighted by Gasteiger charge is 2.19. The van der Waals surface area contributed by atoms with Crippen molar-refractivity contribution in [3.05, 3.63) is 71.3 Å². The van der Waals surface area contributed by atoms with Gasteiger partial charge in [-0.2, -0.15) is 0 Å². The van der Waals surface area contributed by atoms with Crippen LogP contribution in [-0.2, 0) is 42.6 Å². The van der Waals surface area contributed by atoms with Gasteiger partial charge < -0.3 is 24.5 Å². The summed E-state index contributed by atoms with van der Waals surface area (Å²) in [6, 6.07) is 6.67. The van der Waals surface area contributed by atoms with E-state index in [-0.39, 0.29) is 12.2 Å². The molecule has 2 aromatic heterocycles. The second-order valence-electron chi connectivity index (χ2n) is 10.6. The Bertz CT molecular complexity index is 1120. The summed E-state index contributed by atoms with van der Waals surface area (Å²) in [6.45, 7) is 14.4. The standard InChI is InChI=1S/C31H49N7O2/c1-6-15-37(16-7-2)17-8-9-18-38(25(3)40-26(4)39)24-28-11-10-27(21-30-33-12-13-34-30)20-29(28)22-32-23-31-35-14-19-36(31)5/h10-14,19-20,25,32H,6-9,15-18,21-24H2,1-5H3,(H,33,34). The second-order valence-corrected chi connectivity index (χ2v) is 10.6. The zero-order valence-corrected chi connectivity index (χ0v) is 25.2. The lowest BCUT2D eigenvalue weighted by atomic mass is 10.0. The average Bonchev–Trinajstić information content (AvgIpc) is 3.58. The van der Waals surface area contributed by atoms with Gasteiger partial charge in [0.1, 0.15) is 11.6 Å². The van der Waals surface area contributed by atoms with Gasteiger partial charge in [-0.3, -0.25) is 9.69 Å². The van der Waals surface area contributed by atoms with E-state index in [0.717, 1.165) is 57.1 Å². The Balaban J connectivity index is 1.72. The minimum atomic E-state index is -0.295. The summed E-state index contributed by atoms with van der Waals surface area (Å²) in [5, 5.41) is 3.58. The van der Waals surface area contributed by atoms with Crippen LogP contribution >= 0.6 is 0 Å². The van der Waals surface area contributed by atoms with Crippen molar-refractivity contribution in [2.24, 2.45) is 7.05 Å². The van der Waals surface area contributed by atoms with Crippen LogP contribution in [0.1, 0.15) is 81.7 Å². The Morgan fingerprint density at radius 3 is 2.48 bits per heavy atom. The van der Waals surface area contributed by atoms with E-state index >= 15 is 0 Å². The maximum absolute atomic E-state index is 11.8. The summed E-state index contributed by atoms with van der Waals surface area (Å²) in [6.07, 6.45) is 12.4. The molecule has 1 atom stereocenters. The van der Waals surface area contributed by atoms with E-state index in [2.05, 4.69) is 62.1 Å². The average molecular weight is 552 g/mol. The third-order valence-electron chi connectivity index (χ3n) is 7.19. The van der Waals surface area contributed by atoms with Gasteiger partial charge in [0, 0.05) is 64.8 Å². The number of unbranched alkanes of at least 4 members (excludes halogenated alkanes) is 1. The molecule has 0 amide bonds. The number of carbonyl (C=O) groups excluding carboxylic acids is 1. The van der Waals surface area contributed by atoms with Gasteiger partial charge in [0.05, 0.1) is 6.54 Å². The number of carbonyl (C=O) groups is 1. The Morgan fingerprint density at radius 1 is 1.05 bits per heavy atom. The minimum absolute atomic E-state index is 0.250. The molecule has 2 N–H and O–H groups in total. The van der Waals surface area contributed by atoms with E-state index in [4.69, 9.17) is 4.74 Å². The number of imidazole rings is 2. The highest BCUT2D eigenvalue weighted by molar-refractivity contribution is 5.66. The summed E-state index contributed by atoms with van der Waals surface area (Å²) in [4.78, 5) is 28.7. The minimum Gasteiger partial charge on any atom is -0.447 e. The van der Waals surface area contributed by atoms with Crippen molar-refractivity contribution in [2.45, 2.75) is 85.7 Å². The molecule has 0 spiro atoms. The fourth-order valence-electron chi connectivity index (χ4n) is 5.11. The van der Waals surface area contributed by atoms with Crippen LogP contribution in [0.3, 0.4) is 0 Å². The predicted molar refractivity (Wildman–Crippen MR) is 159 cm³/mol. The van der Waals surface area contributed by atoms with Gasteiger partial charge in [-0.1, -0.05) is 32.0 Å². The van der Waals surface area contributed by atoms with Crippen LogP contribution < -0.4 is 5.32 Å². The van der Waals surface area contributed by atoms with Gasteiger partial charge in [0.15, 0.2) is 6.23 Å². The maximum Gasteiger partial charge on any atom is 0.304 e. The Labute approximate surface area is 240 Å². The first-order chi connectivity index (χ1) is 19.4. The van der Waals surface area contributed by atoms with Crippen LogP contribution in [0.2, 0.25) is 0 Å². The number of hydrogen-bond donors (Lipinski definition) is 2. The van der Waals surface area contributed by atoms with E-state index in [1.54, 1.807) is 6.20 Å². The molecule has 0 saturated carbocycles. The van der Waals surface area contributed by atoms with Crippen molar-refractivity contribution in [2.75, 3.05) is 26.2 Å². The smallest absolute Gasteiger partial charge is 0.304 e. The molecular formula is C31H49N7O2. The second kappa shape index (κ2) is 16.9. The van der Waals surface area contributed by atoms with E-state index < -0.39 is 0 Å². The number of hydrogen-bond acceptors (Lipinski definition) is 7. The van der Waals surface area contributed by atoms with Crippen LogP contribution in [0.4, 0.5) is 0 Å². The fourth-order valence-corrected chi connectivity index (χ4v) is 5.11. The van der Waals surface area contributed by atoms with Gasteiger partial charge >= 0.3 is 5.97 Å². The molecule has 220 valence electrons. The molecule has 1 aromatic carbocycles. The first kappa shape index (κ1) is 31.5. The number of esters is 1. The van der Waals surface area contributed by atoms with E-state index in [1.807, 2.05) is 37.1 Å². The summed E-state index contributed by atoms with van der Waals surface area (Å²) in [7, 11) is 2.01. The summed E-state index contributed by atoms with van der Waals surface area (Å²) in [5.74, 6) is 1.70. The summed E-state index contributed by atoms with van der Waals surface area (Å²) >= 11 is 0. The monoisotopic (exact) mass is 551 g/mol. The molecule has 2 heterocycles. The van der Waals surface area contributed by atoms with Gasteiger partial charge in [0.2, 0.25) is 0 Å². The zero-order chi connectivity index (χ0) is 28.7. The van der Waals surface area contributed by atoms with Gasteiger partial charge in [-0.05, 0) is 68.9 Å². The van der Waals surface area contributed by atoms with Crippen molar-refractivity contribution >= 4 is 5.97 Å². The van der Waals surface area contributed by atoms with Crippen LogP contribution in [-0.4, -0.2) is 67.7 Å². The lowest BCUT2D eigenvalue weighted by Crippen LogP contribution is -2.37. The van der Waals surface area contributed by atoms with Crippen molar-refractivity contribution in [1.82, 2.24) is 34.6 Å². The first-order valence-corrected chi connectivity index (χ1v) is 14.8. The molecule has 1 unspecified atom stereocenters. The van der Waals surface area contributed by atoms with E-state index in [9.17, 15) is 4.79 Å². The molecule has 3 aromatic rings. The fraction of sp³-hybridized carbons (Fsp3) is 0.581. The number of nitrogens with zero attached hydrogens (tertiary/aromatic N) is 5. The zero-order valence-electron chi connectivity index (χ0n) is 25.2. The van der Waals surface area contributed by atoms with Crippen molar-refractivity contribution in [3.63, 3.8) is 0 Å². The lowest BCUT2D eigenvalue weighted by Gasteiger charge is -2.30. The molecule has 9 heteroatoms. The number of aromatic amines is 1. The normalized spacial score (nSPS) is 12.4. The number of aromatic nitrogens is 4. The number of aryl methyl sites for hydroxylation is 1. The van der Waals surface area contributed by atoms with Crippen molar-refractivity contribution in [3.8, 4) is 0 Å². The molecule has 0 saturated heterocycles. The van der Waals surface area contributed by atoms with E-state index in [1.165, 1.54) is 36.5 Å². The topological polar surface area (TPSA) is 91.3 Å². The molecule has 0 aliphatic rings. The van der Waals surface area contributed by atoms with Crippen LogP contribution in [0.25, 0.3) is 0 Å². The summed E-state index contributed by atoms with van der Waals surface area (Å²) < 4.78 is 7.69. The Kier molecular flexibility index (Phi) is 13.4. The summed E-state index contributed by atoms with van der Waals surface area (Å²) in [5.41, 5.74) is 3.67. The Hall–Kier alpha value is -3.01. The van der Waals surface area contributed by atoms with Crippen LogP contribution in [0.5, 0.6) is 0 Å². The highest BCUT2D eigenvalue weighted by Crippen LogP contribution is 2.19. The highest BCUT2D eigenvalue weighted by atomic mass is 16.6. The number of benzene rings is 1. The molecule has 0 aliphatic carbocycles. The number of nitrogens with one attached hydrogen (secondary N) is 2. The third-order valence-corrected chi connectivity index (χ3v) is 7.19. The van der Waals surface area contributed by atoms with Crippen LogP contribution in [0.15, 0.2) is 43.0 Å². The lowest BCUT2D eigenvalue weighted by molar-refractivity contribution is -0.155. The molecule has 0 fully saturated rings. The predicted octanol–water partition coefficient (Wildman–Crippen LogP) is 4.64. The number of H-pyrrole nitrogens is 1. The molecule has 9 nitrogen and oxygen atoms in total. The SMILES string of the molecule is CCCN(CCC)CCCCN(Cc1ccc(Cc2ncc[nH]2)cc1CNCc1nccn1C)C(C)OC(C)=O. The number of rotatable bonds is 19. The third kappa shape index (κ3) is 10.5. The molecule has 3 rings (SSSR count). The van der Waals surface area contributed by atoms with Gasteiger partial charge in [-0.25, -0.2) is 9.97 Å². The molecule has 40 heavy (non-hydrogen) atoms. The van der Waals surface area contributed by atoms with Gasteiger partial charge in [-0.15, -0.1) is 0 Å². The maximum atomic E-state index is 11.8. The van der Waals surface area contributed by atoms with Gasteiger partial charge in [0.25, 0.3) is 0 Å². The van der Waals surface area contributed by atoms with Crippen LogP contribution in [0, 0.1) is 0 Å². The number of ether oxygens (including phenoxy) is 1. The van der Waals surface area contributed by atoms with E-state index in [0.29, 0.717) is 19.6 Å². The Morgan fingerprint density at radius 2 is 1.82 bits per heavy atom. The van der Waals surface area contributed by atoms with Crippen molar-refractivity contribution in [1.29, 1.82) is 0 Å². The molecular weight excluding hydrogens is 502 g/mol. The molecule has 0 radical (unpaired) electrons. The molecule has 0 bridgehead atoms.